The SMILES string of the molecule is C=CCOP(=O)(OCCOCCO)OP(=O)(OCCCC)OCCCC. The van der Waals surface area contributed by atoms with Crippen LogP contribution in [0.1, 0.15) is 39.5 Å². The van der Waals surface area contributed by atoms with Crippen LogP contribution in [0.25, 0.3) is 0 Å². The topological polar surface area (TPSA) is 110 Å². The van der Waals surface area contributed by atoms with E-state index in [0.717, 1.165) is 12.8 Å². The molecule has 0 saturated carbocycles. The van der Waals surface area contributed by atoms with Gasteiger partial charge in [0.05, 0.1) is 46.2 Å². The number of phosphoric acid groups is 2. The van der Waals surface area contributed by atoms with Crippen molar-refractivity contribution >= 4 is 15.6 Å². The van der Waals surface area contributed by atoms with Crippen molar-refractivity contribution in [3.8, 4) is 0 Å². The van der Waals surface area contributed by atoms with E-state index in [-0.39, 0.29) is 46.2 Å². The Morgan fingerprint density at radius 1 is 0.846 bits per heavy atom. The lowest BCUT2D eigenvalue weighted by atomic mass is 10.4. The second-order valence-electron chi connectivity index (χ2n) is 5.10. The van der Waals surface area contributed by atoms with Crippen LogP contribution in [0.15, 0.2) is 12.7 Å². The van der Waals surface area contributed by atoms with Gasteiger partial charge in [0, 0.05) is 0 Å². The van der Waals surface area contributed by atoms with E-state index in [1.54, 1.807) is 0 Å². The van der Waals surface area contributed by atoms with E-state index < -0.39 is 15.6 Å². The molecule has 1 unspecified atom stereocenters. The summed E-state index contributed by atoms with van der Waals surface area (Å²) in [4.78, 5) is 0. The molecule has 0 aromatic rings. The van der Waals surface area contributed by atoms with Crippen LogP contribution in [-0.4, -0.2) is 51.4 Å². The molecule has 0 rings (SSSR count). The highest BCUT2D eigenvalue weighted by Crippen LogP contribution is 2.66. The molecule has 1 atom stereocenters. The van der Waals surface area contributed by atoms with Crippen molar-refractivity contribution in [2.45, 2.75) is 39.5 Å². The first-order valence-corrected chi connectivity index (χ1v) is 11.7. The molecule has 9 nitrogen and oxygen atoms in total. The summed E-state index contributed by atoms with van der Waals surface area (Å²) in [6, 6.07) is 0. The van der Waals surface area contributed by atoms with E-state index in [2.05, 4.69) is 6.58 Å². The lowest BCUT2D eigenvalue weighted by molar-refractivity contribution is 0.0548. The lowest BCUT2D eigenvalue weighted by Crippen LogP contribution is -2.10. The first kappa shape index (κ1) is 25.9. The highest BCUT2D eigenvalue weighted by Gasteiger charge is 2.40. The zero-order valence-corrected chi connectivity index (χ0v) is 17.5. The van der Waals surface area contributed by atoms with Crippen LogP contribution in [0.2, 0.25) is 0 Å². The van der Waals surface area contributed by atoms with E-state index in [1.165, 1.54) is 6.08 Å². The molecule has 26 heavy (non-hydrogen) atoms. The van der Waals surface area contributed by atoms with Crippen molar-refractivity contribution in [3.63, 3.8) is 0 Å². The van der Waals surface area contributed by atoms with E-state index in [1.807, 2.05) is 13.8 Å². The van der Waals surface area contributed by atoms with Crippen LogP contribution in [0.4, 0.5) is 0 Å². The molecule has 156 valence electrons. The number of ether oxygens (including phenoxy) is 1. The lowest BCUT2D eigenvalue weighted by Gasteiger charge is -2.23. The molecule has 0 spiro atoms. The van der Waals surface area contributed by atoms with Gasteiger partial charge in [-0.05, 0) is 12.8 Å². The van der Waals surface area contributed by atoms with Crippen LogP contribution >= 0.6 is 15.6 Å². The van der Waals surface area contributed by atoms with Crippen LogP contribution in [-0.2, 0) is 36.3 Å². The van der Waals surface area contributed by atoms with Crippen molar-refractivity contribution in [1.29, 1.82) is 0 Å². The third kappa shape index (κ3) is 13.1. The third-order valence-corrected chi connectivity index (χ3v) is 6.32. The summed E-state index contributed by atoms with van der Waals surface area (Å²) in [5.41, 5.74) is 0. The van der Waals surface area contributed by atoms with Gasteiger partial charge >= 0.3 is 15.6 Å². The average molecular weight is 418 g/mol. The number of hydrogen-bond acceptors (Lipinski definition) is 9. The zero-order valence-electron chi connectivity index (χ0n) is 15.7. The zero-order chi connectivity index (χ0) is 19.7. The minimum absolute atomic E-state index is 0.0447. The quantitative estimate of drug-likeness (QED) is 0.188. The molecule has 0 aromatic carbocycles. The summed E-state index contributed by atoms with van der Waals surface area (Å²) >= 11 is 0. The molecule has 0 aliphatic rings. The van der Waals surface area contributed by atoms with Gasteiger partial charge in [-0.15, -0.1) is 6.58 Å². The van der Waals surface area contributed by atoms with Gasteiger partial charge in [0.25, 0.3) is 0 Å². The van der Waals surface area contributed by atoms with Gasteiger partial charge in [0.1, 0.15) is 0 Å². The predicted octanol–water partition coefficient (Wildman–Crippen LogP) is 4.08. The highest BCUT2D eigenvalue weighted by atomic mass is 31.3. The summed E-state index contributed by atoms with van der Waals surface area (Å²) in [6.07, 6.45) is 4.26. The molecule has 0 bridgehead atoms. The summed E-state index contributed by atoms with van der Waals surface area (Å²) < 4.78 is 56.2. The second kappa shape index (κ2) is 15.9. The van der Waals surface area contributed by atoms with Gasteiger partial charge in [-0.3, -0.25) is 18.1 Å². The fraction of sp³-hybridized carbons (Fsp3) is 0.867. The van der Waals surface area contributed by atoms with Crippen molar-refractivity contribution in [2.24, 2.45) is 0 Å². The molecule has 0 fully saturated rings. The number of aliphatic hydroxyl groups is 1. The van der Waals surface area contributed by atoms with Crippen LogP contribution in [0.3, 0.4) is 0 Å². The Bertz CT molecular complexity index is 431. The number of unbranched alkanes of at least 4 members (excludes halogenated alkanes) is 2. The van der Waals surface area contributed by atoms with Gasteiger partial charge < -0.3 is 9.84 Å². The van der Waals surface area contributed by atoms with Crippen molar-refractivity contribution < 1.29 is 41.4 Å². The third-order valence-electron chi connectivity index (χ3n) is 2.76. The largest absolute Gasteiger partial charge is 0.484 e. The normalized spacial score (nSPS) is 14.3. The minimum atomic E-state index is -4.23. The summed E-state index contributed by atoms with van der Waals surface area (Å²) in [6.45, 7) is 7.32. The fourth-order valence-electron chi connectivity index (χ4n) is 1.45. The molecule has 0 amide bonds. The smallest absolute Gasteiger partial charge is 0.394 e. The Kier molecular flexibility index (Phi) is 15.9. The summed E-state index contributed by atoms with van der Waals surface area (Å²) in [5.74, 6) is 0. The van der Waals surface area contributed by atoms with E-state index >= 15 is 0 Å². The van der Waals surface area contributed by atoms with E-state index in [9.17, 15) is 9.13 Å². The van der Waals surface area contributed by atoms with E-state index in [0.29, 0.717) is 12.8 Å². The predicted molar refractivity (Wildman–Crippen MR) is 98.0 cm³/mol. The van der Waals surface area contributed by atoms with Gasteiger partial charge in [-0.1, -0.05) is 32.8 Å². The summed E-state index contributed by atoms with van der Waals surface area (Å²) in [5, 5.41) is 8.65. The fourth-order valence-corrected chi connectivity index (χ4v) is 4.63. The molecule has 0 radical (unpaired) electrons. The number of rotatable bonds is 19. The Balaban J connectivity index is 4.91. The standard InChI is InChI=1S/C15H32O9P2/c1-4-7-11-21-26(18,22-12-8-5-2)24-25(17,20-10-6-3)23-15-14-19-13-9-16/h6,16H,3-5,7-15H2,1-2H3. The summed E-state index contributed by atoms with van der Waals surface area (Å²) in [7, 11) is -8.36. The first-order chi connectivity index (χ1) is 12.4. The number of aliphatic hydroxyl groups excluding tert-OH is 1. The maximum atomic E-state index is 12.8. The minimum Gasteiger partial charge on any atom is -0.394 e. The molecular formula is C15H32O9P2. The van der Waals surface area contributed by atoms with E-state index in [4.69, 9.17) is 32.2 Å². The molecule has 0 aliphatic carbocycles. The second-order valence-corrected chi connectivity index (χ2v) is 8.58. The molecule has 0 saturated heterocycles. The Hall–Kier alpha value is -0.0800. The molecule has 1 N–H and O–H groups in total. The van der Waals surface area contributed by atoms with Crippen LogP contribution < -0.4 is 0 Å². The molecule has 0 aliphatic heterocycles. The van der Waals surface area contributed by atoms with Crippen molar-refractivity contribution in [3.05, 3.63) is 12.7 Å². The number of hydrogen-bond donors (Lipinski definition) is 1. The maximum absolute atomic E-state index is 12.8. The highest BCUT2D eigenvalue weighted by molar-refractivity contribution is 7.62. The molecular weight excluding hydrogens is 386 g/mol. The van der Waals surface area contributed by atoms with Crippen LogP contribution in [0.5, 0.6) is 0 Å². The van der Waals surface area contributed by atoms with Gasteiger partial charge in [-0.25, -0.2) is 9.13 Å². The van der Waals surface area contributed by atoms with Gasteiger partial charge in [0.15, 0.2) is 0 Å². The van der Waals surface area contributed by atoms with Crippen molar-refractivity contribution in [1.82, 2.24) is 0 Å². The first-order valence-electron chi connectivity index (χ1n) is 8.74. The Morgan fingerprint density at radius 3 is 1.88 bits per heavy atom. The van der Waals surface area contributed by atoms with Gasteiger partial charge in [-0.2, -0.15) is 4.31 Å². The monoisotopic (exact) mass is 418 g/mol. The maximum Gasteiger partial charge on any atom is 0.484 e. The number of phosphoric ester groups is 2. The Labute approximate surface area is 156 Å². The van der Waals surface area contributed by atoms with Crippen molar-refractivity contribution in [2.75, 3.05) is 46.2 Å². The van der Waals surface area contributed by atoms with Crippen LogP contribution in [0, 0.1) is 0 Å². The average Bonchev–Trinajstić information content (AvgIpc) is 2.60. The molecule has 0 aromatic heterocycles. The Morgan fingerprint density at radius 2 is 1.38 bits per heavy atom. The molecule has 0 heterocycles. The molecule has 11 heteroatoms. The van der Waals surface area contributed by atoms with Gasteiger partial charge in [0.2, 0.25) is 0 Å².